The highest BCUT2D eigenvalue weighted by molar-refractivity contribution is 8.04. The summed E-state index contributed by atoms with van der Waals surface area (Å²) in [6.45, 7) is 3.29. The Labute approximate surface area is 126 Å². The van der Waals surface area contributed by atoms with Crippen LogP contribution in [0.1, 0.15) is 51.9 Å². The van der Waals surface area contributed by atoms with Gasteiger partial charge >= 0.3 is 5.55 Å². The topological polar surface area (TPSA) is 89.0 Å². The van der Waals surface area contributed by atoms with Gasteiger partial charge in [0.05, 0.1) is 18.5 Å². The highest BCUT2D eigenvalue weighted by atomic mass is 32.2. The Morgan fingerprint density at radius 3 is 2.48 bits per heavy atom. The van der Waals surface area contributed by atoms with Crippen LogP contribution in [0.15, 0.2) is 0 Å². The van der Waals surface area contributed by atoms with Crippen molar-refractivity contribution in [3.63, 3.8) is 0 Å². The van der Waals surface area contributed by atoms with E-state index in [2.05, 4.69) is 4.79 Å². The summed E-state index contributed by atoms with van der Waals surface area (Å²) in [6, 6.07) is 0. The molecule has 0 amide bonds. The van der Waals surface area contributed by atoms with Crippen molar-refractivity contribution in [2.75, 3.05) is 13.2 Å². The van der Waals surface area contributed by atoms with Gasteiger partial charge in [0.15, 0.2) is 5.79 Å². The molecule has 1 saturated carbocycles. The van der Waals surface area contributed by atoms with Gasteiger partial charge in [-0.15, -0.1) is 0 Å². The van der Waals surface area contributed by atoms with Crippen molar-refractivity contribution in [2.24, 2.45) is 5.92 Å². The molecule has 1 aliphatic carbocycles. The Morgan fingerprint density at radius 2 is 1.95 bits per heavy atom. The fourth-order valence-electron chi connectivity index (χ4n) is 3.45. The minimum Gasteiger partial charge on any atom is -0.361 e. The van der Waals surface area contributed by atoms with E-state index < -0.39 is 20.9 Å². The molecule has 0 aromatic carbocycles. The molecule has 0 bridgehead atoms. The highest BCUT2D eigenvalue weighted by Gasteiger charge is 2.44. The van der Waals surface area contributed by atoms with Gasteiger partial charge in [-0.3, -0.25) is 0 Å². The maximum atomic E-state index is 12.3. The Balaban J connectivity index is 2.06. The predicted octanol–water partition coefficient (Wildman–Crippen LogP) is 2.15. The first-order valence-electron chi connectivity index (χ1n) is 7.72. The molecule has 0 radical (unpaired) electrons. The van der Waals surface area contributed by atoms with Crippen molar-refractivity contribution in [3.05, 3.63) is 5.53 Å². The third-order valence-corrected chi connectivity index (χ3v) is 6.44. The molecule has 6 nitrogen and oxygen atoms in total. The van der Waals surface area contributed by atoms with E-state index in [1.165, 1.54) is 0 Å². The summed E-state index contributed by atoms with van der Waals surface area (Å²) in [4.78, 5) is 2.74. The van der Waals surface area contributed by atoms with Crippen LogP contribution >= 0.6 is 0 Å². The van der Waals surface area contributed by atoms with Crippen molar-refractivity contribution in [2.45, 2.75) is 62.9 Å². The lowest BCUT2D eigenvalue weighted by atomic mass is 9.82. The predicted molar refractivity (Wildman–Crippen MR) is 78.5 cm³/mol. The standard InChI is InChI=1S/C14H24N2O4S/c1-2-3-4-13(21(17,18)11-16-15)12-5-7-14(8-6-12)19-9-10-20-14/h11-13H,2-10H2,1H3. The summed E-state index contributed by atoms with van der Waals surface area (Å²) in [5, 5.41) is -0.466. The summed E-state index contributed by atoms with van der Waals surface area (Å²) in [7, 11) is -3.50. The third-order valence-electron chi connectivity index (χ3n) is 4.59. The number of hydrogen-bond donors (Lipinski definition) is 0. The molecule has 0 aromatic rings. The summed E-state index contributed by atoms with van der Waals surface area (Å²) in [5.74, 6) is -0.390. The molecule has 2 fully saturated rings. The SMILES string of the molecule is CCCCC(C1CCC2(CC1)OCCO2)S(=O)(=O)C=[N+]=[N-]. The fourth-order valence-corrected chi connectivity index (χ4v) is 5.05. The number of rotatable bonds is 6. The quantitative estimate of drug-likeness (QED) is 0.325. The van der Waals surface area contributed by atoms with Gasteiger partial charge in [0.25, 0.3) is 0 Å². The maximum Gasteiger partial charge on any atom is 0.370 e. The van der Waals surface area contributed by atoms with Crippen molar-refractivity contribution >= 4 is 15.4 Å². The van der Waals surface area contributed by atoms with E-state index in [9.17, 15) is 8.42 Å². The van der Waals surface area contributed by atoms with E-state index in [1.54, 1.807) is 0 Å². The first-order valence-corrected chi connectivity index (χ1v) is 9.33. The number of hydrogen-bond acceptors (Lipinski definition) is 4. The first kappa shape index (κ1) is 16.6. The van der Waals surface area contributed by atoms with Gasteiger partial charge in [0, 0.05) is 12.8 Å². The summed E-state index contributed by atoms with van der Waals surface area (Å²) >= 11 is 0. The van der Waals surface area contributed by atoms with E-state index in [-0.39, 0.29) is 5.92 Å². The average Bonchev–Trinajstić information content (AvgIpc) is 2.89. The molecular formula is C14H24N2O4S. The van der Waals surface area contributed by atoms with E-state index in [1.807, 2.05) is 6.92 Å². The van der Waals surface area contributed by atoms with E-state index in [4.69, 9.17) is 15.0 Å². The third kappa shape index (κ3) is 3.92. The van der Waals surface area contributed by atoms with Crippen LogP contribution in [0.25, 0.3) is 5.53 Å². The fraction of sp³-hybridized carbons (Fsp3) is 0.929. The van der Waals surface area contributed by atoms with Crippen molar-refractivity contribution < 1.29 is 22.7 Å². The molecule has 1 saturated heterocycles. The van der Waals surface area contributed by atoms with E-state index >= 15 is 0 Å². The molecule has 1 spiro atoms. The molecule has 1 heterocycles. The maximum absolute atomic E-state index is 12.3. The molecule has 0 aromatic heterocycles. The molecule has 1 unspecified atom stereocenters. The molecule has 1 atom stereocenters. The molecule has 7 heteroatoms. The first-order chi connectivity index (χ1) is 10.0. The minimum absolute atomic E-state index is 0.0815. The monoisotopic (exact) mass is 316 g/mol. The molecule has 21 heavy (non-hydrogen) atoms. The van der Waals surface area contributed by atoms with Crippen LogP contribution in [0.4, 0.5) is 0 Å². The number of unbranched alkanes of at least 4 members (excludes halogenated alkanes) is 1. The van der Waals surface area contributed by atoms with Crippen LogP contribution in [0.3, 0.4) is 0 Å². The molecule has 2 aliphatic rings. The van der Waals surface area contributed by atoms with Gasteiger partial charge in [0.2, 0.25) is 9.84 Å². The Hall–Kier alpha value is -0.750. The van der Waals surface area contributed by atoms with Crippen molar-refractivity contribution in [3.8, 4) is 0 Å². The largest absolute Gasteiger partial charge is 0.370 e. The van der Waals surface area contributed by atoms with Gasteiger partial charge in [-0.05, 0) is 25.2 Å². The number of nitrogens with zero attached hydrogens (tertiary/aromatic N) is 2. The molecular weight excluding hydrogens is 292 g/mol. The Morgan fingerprint density at radius 1 is 1.33 bits per heavy atom. The normalized spacial score (nSPS) is 23.9. The van der Waals surface area contributed by atoms with Crippen LogP contribution in [-0.2, 0) is 19.3 Å². The van der Waals surface area contributed by atoms with Crippen molar-refractivity contribution in [1.82, 2.24) is 0 Å². The minimum atomic E-state index is -3.50. The number of ether oxygens (including phenoxy) is 2. The smallest absolute Gasteiger partial charge is 0.361 e. The van der Waals surface area contributed by atoms with Gasteiger partial charge in [-0.2, -0.15) is 4.79 Å². The van der Waals surface area contributed by atoms with Gasteiger partial charge < -0.3 is 15.0 Å². The van der Waals surface area contributed by atoms with Crippen molar-refractivity contribution in [1.29, 1.82) is 0 Å². The second-order valence-electron chi connectivity index (χ2n) is 5.94. The Kier molecular flexibility index (Phi) is 5.54. The highest BCUT2D eigenvalue weighted by Crippen LogP contribution is 2.41. The lowest BCUT2D eigenvalue weighted by molar-refractivity contribution is -0.182. The van der Waals surface area contributed by atoms with Crippen LogP contribution in [0, 0.1) is 5.92 Å². The van der Waals surface area contributed by atoms with Gasteiger partial charge in [-0.1, -0.05) is 19.8 Å². The average molecular weight is 316 g/mol. The lowest BCUT2D eigenvalue weighted by Crippen LogP contribution is -2.40. The molecule has 120 valence electrons. The van der Waals surface area contributed by atoms with Gasteiger partial charge in [-0.25, -0.2) is 8.42 Å². The zero-order valence-corrected chi connectivity index (χ0v) is 13.3. The second-order valence-corrected chi connectivity index (χ2v) is 7.93. The van der Waals surface area contributed by atoms with Crippen LogP contribution in [-0.4, -0.2) is 43.0 Å². The zero-order valence-electron chi connectivity index (χ0n) is 12.5. The molecule has 1 aliphatic heterocycles. The van der Waals surface area contributed by atoms with Crippen LogP contribution < -0.4 is 0 Å². The van der Waals surface area contributed by atoms with E-state index in [0.717, 1.165) is 38.5 Å². The summed E-state index contributed by atoms with van der Waals surface area (Å²) in [5.41, 5.74) is 9.29. The molecule has 2 rings (SSSR count). The van der Waals surface area contributed by atoms with E-state index in [0.29, 0.717) is 25.2 Å². The Bertz CT molecular complexity index is 483. The van der Waals surface area contributed by atoms with Crippen LogP contribution in [0.2, 0.25) is 0 Å². The zero-order chi connectivity index (χ0) is 15.3. The van der Waals surface area contributed by atoms with Crippen LogP contribution in [0.5, 0.6) is 0 Å². The summed E-state index contributed by atoms with van der Waals surface area (Å²) in [6.07, 6.45) is 5.45. The lowest BCUT2D eigenvalue weighted by Gasteiger charge is -2.37. The summed E-state index contributed by atoms with van der Waals surface area (Å²) < 4.78 is 35.9. The molecule has 0 N–H and O–H groups in total. The number of sulfone groups is 1. The van der Waals surface area contributed by atoms with Gasteiger partial charge in [0.1, 0.15) is 0 Å². The second kappa shape index (κ2) is 7.01.